The zero-order chi connectivity index (χ0) is 18.0. The van der Waals surface area contributed by atoms with Gasteiger partial charge in [-0.2, -0.15) is 22.1 Å². The molecular weight excluding hydrogens is 356 g/mol. The number of piperidine rings is 1. The molecule has 0 unspecified atom stereocenters. The fraction of sp³-hybridized carbons (Fsp3) is 0.562. The third kappa shape index (κ3) is 3.57. The second-order valence-corrected chi connectivity index (χ2v) is 8.44. The number of hydrogen-bond donors (Lipinski definition) is 0. The standard InChI is InChI=1S/C16H22N6O3S/c23-26(24,20-9-1-2-10-20)21-12-6-14(7-13-21)25-16-5-4-15(18-19-16)22-11-3-8-17-22/h3-5,8,11,14H,1-2,6-7,9-10,12-13H2. The van der Waals surface area contributed by atoms with Crippen LogP contribution in [-0.4, -0.2) is 69.3 Å². The van der Waals surface area contributed by atoms with Gasteiger partial charge in [0.15, 0.2) is 5.82 Å². The van der Waals surface area contributed by atoms with E-state index in [2.05, 4.69) is 15.3 Å². The van der Waals surface area contributed by atoms with Gasteiger partial charge >= 0.3 is 0 Å². The SMILES string of the molecule is O=S(=O)(N1CCCC1)N1CCC(Oc2ccc(-n3cccn3)nn2)CC1. The van der Waals surface area contributed by atoms with E-state index < -0.39 is 10.2 Å². The Kier molecular flexibility index (Phi) is 4.88. The van der Waals surface area contributed by atoms with Gasteiger partial charge in [0.05, 0.1) is 0 Å². The van der Waals surface area contributed by atoms with E-state index in [9.17, 15) is 8.42 Å². The molecule has 0 atom stereocenters. The number of aromatic nitrogens is 4. The molecule has 2 fully saturated rings. The number of rotatable bonds is 5. The molecule has 0 bridgehead atoms. The molecule has 140 valence electrons. The van der Waals surface area contributed by atoms with E-state index in [-0.39, 0.29) is 6.10 Å². The van der Waals surface area contributed by atoms with Crippen molar-refractivity contribution in [3.8, 4) is 11.7 Å². The predicted octanol–water partition coefficient (Wildman–Crippen LogP) is 0.846. The van der Waals surface area contributed by atoms with Crippen LogP contribution >= 0.6 is 0 Å². The van der Waals surface area contributed by atoms with Gasteiger partial charge in [-0.1, -0.05) is 0 Å². The molecule has 4 heterocycles. The van der Waals surface area contributed by atoms with E-state index in [0.29, 0.717) is 50.7 Å². The Hall–Kier alpha value is -2.04. The summed E-state index contributed by atoms with van der Waals surface area (Å²) in [4.78, 5) is 0. The Labute approximate surface area is 152 Å². The van der Waals surface area contributed by atoms with Crippen molar-refractivity contribution in [3.05, 3.63) is 30.6 Å². The summed E-state index contributed by atoms with van der Waals surface area (Å²) >= 11 is 0. The average molecular weight is 378 g/mol. The summed E-state index contributed by atoms with van der Waals surface area (Å²) in [5, 5.41) is 12.3. The van der Waals surface area contributed by atoms with E-state index in [1.165, 1.54) is 0 Å². The lowest BCUT2D eigenvalue weighted by Crippen LogP contribution is -2.47. The minimum atomic E-state index is -3.32. The van der Waals surface area contributed by atoms with E-state index in [4.69, 9.17) is 4.74 Å². The molecule has 0 saturated carbocycles. The second kappa shape index (κ2) is 7.29. The lowest BCUT2D eigenvalue weighted by atomic mass is 10.1. The third-order valence-corrected chi connectivity index (χ3v) is 6.81. The summed E-state index contributed by atoms with van der Waals surface area (Å²) in [7, 11) is -3.32. The lowest BCUT2D eigenvalue weighted by Gasteiger charge is -2.33. The van der Waals surface area contributed by atoms with Crippen LogP contribution in [0.15, 0.2) is 30.6 Å². The van der Waals surface area contributed by atoms with Gasteiger partial charge in [-0.3, -0.25) is 0 Å². The molecule has 9 nitrogen and oxygen atoms in total. The summed E-state index contributed by atoms with van der Waals surface area (Å²) in [5.41, 5.74) is 0. The first-order chi connectivity index (χ1) is 12.6. The van der Waals surface area contributed by atoms with Gasteiger partial charge in [-0.25, -0.2) is 4.68 Å². The maximum Gasteiger partial charge on any atom is 0.281 e. The molecule has 2 aliphatic heterocycles. The Morgan fingerprint density at radius 2 is 1.73 bits per heavy atom. The molecule has 0 aromatic carbocycles. The molecule has 0 aliphatic carbocycles. The Balaban J connectivity index is 1.32. The van der Waals surface area contributed by atoms with Crippen molar-refractivity contribution in [3.63, 3.8) is 0 Å². The highest BCUT2D eigenvalue weighted by Gasteiger charge is 2.34. The van der Waals surface area contributed by atoms with E-state index in [1.54, 1.807) is 37.8 Å². The van der Waals surface area contributed by atoms with Crippen LogP contribution < -0.4 is 4.74 Å². The van der Waals surface area contributed by atoms with Gasteiger partial charge in [0.1, 0.15) is 6.10 Å². The summed E-state index contributed by atoms with van der Waals surface area (Å²) < 4.78 is 35.8. The van der Waals surface area contributed by atoms with Crippen LogP contribution in [0.4, 0.5) is 0 Å². The molecule has 0 amide bonds. The number of nitrogens with zero attached hydrogens (tertiary/aromatic N) is 6. The van der Waals surface area contributed by atoms with Crippen LogP contribution in [0.2, 0.25) is 0 Å². The highest BCUT2D eigenvalue weighted by molar-refractivity contribution is 7.86. The minimum Gasteiger partial charge on any atom is -0.473 e. The molecule has 2 aliphatic rings. The molecule has 0 N–H and O–H groups in total. The zero-order valence-corrected chi connectivity index (χ0v) is 15.3. The normalized spacial score (nSPS) is 20.5. The quantitative estimate of drug-likeness (QED) is 0.766. The van der Waals surface area contributed by atoms with Crippen LogP contribution in [0.5, 0.6) is 5.88 Å². The van der Waals surface area contributed by atoms with E-state index >= 15 is 0 Å². The fourth-order valence-electron chi connectivity index (χ4n) is 3.34. The summed E-state index contributed by atoms with van der Waals surface area (Å²) in [5.74, 6) is 1.07. The summed E-state index contributed by atoms with van der Waals surface area (Å²) in [6.07, 6.45) is 6.62. The maximum absolute atomic E-state index is 12.6. The summed E-state index contributed by atoms with van der Waals surface area (Å²) in [6.45, 7) is 2.22. The Morgan fingerprint density at radius 1 is 1.00 bits per heavy atom. The molecule has 2 aromatic heterocycles. The molecule has 26 heavy (non-hydrogen) atoms. The third-order valence-electron chi connectivity index (χ3n) is 4.77. The van der Waals surface area contributed by atoms with Crippen LogP contribution in [0, 0.1) is 0 Å². The molecule has 4 rings (SSSR count). The van der Waals surface area contributed by atoms with Gasteiger partial charge in [0.2, 0.25) is 5.88 Å². The minimum absolute atomic E-state index is 0.0510. The highest BCUT2D eigenvalue weighted by Crippen LogP contribution is 2.23. The van der Waals surface area contributed by atoms with Crippen molar-refractivity contribution in [1.82, 2.24) is 28.6 Å². The van der Waals surface area contributed by atoms with Crippen LogP contribution in [0.3, 0.4) is 0 Å². The first-order valence-corrected chi connectivity index (χ1v) is 10.3. The Bertz CT molecular complexity index is 810. The maximum atomic E-state index is 12.6. The van der Waals surface area contributed by atoms with Crippen molar-refractivity contribution >= 4 is 10.2 Å². The zero-order valence-electron chi connectivity index (χ0n) is 14.4. The van der Waals surface area contributed by atoms with Gasteiger partial charge < -0.3 is 4.74 Å². The molecular formula is C16H22N6O3S. The number of ether oxygens (including phenoxy) is 1. The summed E-state index contributed by atoms with van der Waals surface area (Å²) in [6, 6.07) is 5.37. The highest BCUT2D eigenvalue weighted by atomic mass is 32.2. The smallest absolute Gasteiger partial charge is 0.281 e. The van der Waals surface area contributed by atoms with E-state index in [1.807, 2.05) is 6.07 Å². The topological polar surface area (TPSA) is 93.5 Å². The van der Waals surface area contributed by atoms with Crippen LogP contribution in [-0.2, 0) is 10.2 Å². The number of hydrogen-bond acceptors (Lipinski definition) is 6. The van der Waals surface area contributed by atoms with Gasteiger partial charge in [-0.05, 0) is 37.8 Å². The molecule has 0 radical (unpaired) electrons. The lowest BCUT2D eigenvalue weighted by molar-refractivity contribution is 0.126. The average Bonchev–Trinajstić information content (AvgIpc) is 3.37. The second-order valence-electron chi connectivity index (χ2n) is 6.51. The Morgan fingerprint density at radius 3 is 2.35 bits per heavy atom. The largest absolute Gasteiger partial charge is 0.473 e. The molecule has 2 aromatic rings. The molecule has 2 saturated heterocycles. The van der Waals surface area contributed by atoms with Gasteiger partial charge in [-0.15, -0.1) is 10.2 Å². The van der Waals surface area contributed by atoms with Crippen molar-refractivity contribution in [2.75, 3.05) is 26.2 Å². The van der Waals surface area contributed by atoms with E-state index in [0.717, 1.165) is 12.8 Å². The van der Waals surface area contributed by atoms with Crippen LogP contribution in [0.1, 0.15) is 25.7 Å². The first kappa shape index (κ1) is 17.4. The molecule has 0 spiro atoms. The van der Waals surface area contributed by atoms with Crippen molar-refractivity contribution < 1.29 is 13.2 Å². The predicted molar refractivity (Wildman–Crippen MR) is 94.1 cm³/mol. The fourth-order valence-corrected chi connectivity index (χ4v) is 5.05. The van der Waals surface area contributed by atoms with Crippen molar-refractivity contribution in [2.24, 2.45) is 0 Å². The van der Waals surface area contributed by atoms with Crippen molar-refractivity contribution in [1.29, 1.82) is 0 Å². The van der Waals surface area contributed by atoms with Gasteiger partial charge in [0, 0.05) is 44.6 Å². The molecule has 10 heteroatoms. The van der Waals surface area contributed by atoms with Gasteiger partial charge in [0.25, 0.3) is 10.2 Å². The first-order valence-electron chi connectivity index (χ1n) is 8.88. The monoisotopic (exact) mass is 378 g/mol. The van der Waals surface area contributed by atoms with Crippen LogP contribution in [0.25, 0.3) is 5.82 Å². The van der Waals surface area contributed by atoms with Crippen molar-refractivity contribution in [2.45, 2.75) is 31.8 Å².